The van der Waals surface area contributed by atoms with Gasteiger partial charge in [0.05, 0.1) is 25.2 Å². The van der Waals surface area contributed by atoms with Crippen molar-refractivity contribution in [2.24, 2.45) is 43.8 Å². The Morgan fingerprint density at radius 1 is 0.494 bits per heavy atom. The molecule has 0 aliphatic heterocycles. The average molecular weight is 1190 g/mol. The number of alkyl carbamates (subject to hydrolysis) is 3. The maximum Gasteiger partial charge on any atom is 0.411 e. The maximum absolute atomic E-state index is 13.4. The van der Waals surface area contributed by atoms with Crippen molar-refractivity contribution in [2.45, 2.75) is 190 Å². The van der Waals surface area contributed by atoms with Crippen LogP contribution < -0.4 is 16.0 Å². The van der Waals surface area contributed by atoms with Crippen molar-refractivity contribution in [3.05, 3.63) is 25.3 Å². The molecule has 3 N–H and O–H groups in total. The van der Waals surface area contributed by atoms with Crippen LogP contribution in [0.3, 0.4) is 0 Å². The molecule has 0 spiro atoms. The van der Waals surface area contributed by atoms with Gasteiger partial charge in [-0.2, -0.15) is 13.2 Å². The van der Waals surface area contributed by atoms with Crippen molar-refractivity contribution in [2.75, 3.05) is 72.6 Å². The summed E-state index contributed by atoms with van der Waals surface area (Å²) in [6.45, 7) is 24.0. The fourth-order valence-electron chi connectivity index (χ4n) is 13.3. The quantitative estimate of drug-likeness (QED) is 0.0245. The van der Waals surface area contributed by atoms with E-state index in [9.17, 15) is 51.5 Å². The van der Waals surface area contributed by atoms with Crippen molar-refractivity contribution in [3.63, 3.8) is 0 Å². The van der Waals surface area contributed by atoms with E-state index in [1.54, 1.807) is 0 Å². The second-order valence-electron chi connectivity index (χ2n) is 27.1. The number of nitrogens with one attached hydrogen (secondary N) is 3. The van der Waals surface area contributed by atoms with Crippen LogP contribution in [0.4, 0.5) is 27.6 Å². The third-order valence-electron chi connectivity index (χ3n) is 15.4. The van der Waals surface area contributed by atoms with Gasteiger partial charge in [-0.1, -0.05) is 82.4 Å². The number of unbranched alkanes of at least 4 members (excludes halogenated alkanes) is 1. The van der Waals surface area contributed by atoms with E-state index in [1.165, 1.54) is 6.92 Å². The Hall–Kier alpha value is -5.61. The summed E-state index contributed by atoms with van der Waals surface area (Å²) in [5.74, 6) is -2.91. The minimum absolute atomic E-state index is 0.00742. The smallest absolute Gasteiger partial charge is 0.411 e. The second kappa shape index (κ2) is 32.1. The number of hydrogen-bond donors (Lipinski definition) is 3. The lowest BCUT2D eigenvalue weighted by Gasteiger charge is -2.46. The molecule has 3 saturated carbocycles. The number of esters is 5. The molecular weight excluding hydrogens is 1090 g/mol. The van der Waals surface area contributed by atoms with Gasteiger partial charge < -0.3 is 58.6 Å². The Labute approximate surface area is 488 Å². The number of amides is 3. The number of ether oxygens (including phenoxy) is 9. The zero-order valence-electron chi connectivity index (χ0n) is 51.0. The summed E-state index contributed by atoms with van der Waals surface area (Å²) in [5, 5.41) is 8.66. The molecule has 0 radical (unpaired) electrons. The van der Waals surface area contributed by atoms with Gasteiger partial charge in [0.25, 0.3) is 0 Å². The molecule has 23 heteroatoms. The van der Waals surface area contributed by atoms with Crippen molar-refractivity contribution in [1.29, 1.82) is 0 Å². The van der Waals surface area contributed by atoms with Crippen molar-refractivity contribution in [3.8, 4) is 0 Å². The van der Waals surface area contributed by atoms with Gasteiger partial charge in [0, 0.05) is 50.0 Å². The van der Waals surface area contributed by atoms with Gasteiger partial charge in [-0.3, -0.25) is 14.4 Å². The highest BCUT2D eigenvalue weighted by Crippen LogP contribution is 2.51. The second-order valence-corrected chi connectivity index (χ2v) is 27.1. The van der Waals surface area contributed by atoms with E-state index in [4.69, 9.17) is 42.6 Å². The zero-order valence-corrected chi connectivity index (χ0v) is 51.0. The van der Waals surface area contributed by atoms with Gasteiger partial charge in [0.15, 0.2) is 0 Å². The molecule has 7 unspecified atom stereocenters. The molecule has 3 fully saturated rings. The van der Waals surface area contributed by atoms with Crippen molar-refractivity contribution >= 4 is 48.1 Å². The first-order valence-corrected chi connectivity index (χ1v) is 28.9. The molecule has 3 rings (SSSR count). The summed E-state index contributed by atoms with van der Waals surface area (Å²) < 4.78 is 86.8. The predicted octanol–water partition coefficient (Wildman–Crippen LogP) is 10.6. The minimum atomic E-state index is -4.62. The van der Waals surface area contributed by atoms with Crippen molar-refractivity contribution in [1.82, 2.24) is 16.0 Å². The van der Waals surface area contributed by atoms with Crippen LogP contribution in [0.1, 0.15) is 172 Å². The van der Waals surface area contributed by atoms with Crippen molar-refractivity contribution < 1.29 is 94.2 Å². The molecule has 7 atom stereocenters. The van der Waals surface area contributed by atoms with Gasteiger partial charge in [-0.15, -0.1) is 0 Å². The van der Waals surface area contributed by atoms with E-state index in [0.29, 0.717) is 57.8 Å². The highest BCUT2D eigenvalue weighted by atomic mass is 19.4. The number of halogens is 3. The Bertz CT molecular complexity index is 2210. The molecule has 3 aliphatic rings. The molecule has 0 aromatic rings. The third kappa shape index (κ3) is 29.7. The van der Waals surface area contributed by atoms with E-state index in [2.05, 4.69) is 77.6 Å². The van der Waals surface area contributed by atoms with Gasteiger partial charge in [0.1, 0.15) is 46.2 Å². The van der Waals surface area contributed by atoms with Crippen LogP contribution >= 0.6 is 0 Å². The number of rotatable bonds is 32. The number of carbonyl (C=O) groups excluding carboxylic acids is 8. The summed E-state index contributed by atoms with van der Waals surface area (Å²) in [5.41, 5.74) is -2.95. The SMILES string of the molecule is C=CC(=O)OCCOC(=O)NCC1(C)CC(CC(=O)OCC(C)(COCC(F)(F)F)COC(=O)CCC2(C)CC(NC(=O)OCCCCOC(=O)CCC3(C)CC(NC(=O)OCCOC(=O)C=C)CC(C)(C)C3)CC(C)(C)C2)CC(C)(C)C1. The Balaban J connectivity index is 1.43. The van der Waals surface area contributed by atoms with Gasteiger partial charge in [-0.05, 0) is 122 Å². The van der Waals surface area contributed by atoms with Gasteiger partial charge in [-0.25, -0.2) is 24.0 Å². The maximum atomic E-state index is 13.4. The first kappa shape index (κ1) is 71.7. The predicted molar refractivity (Wildman–Crippen MR) is 299 cm³/mol. The lowest BCUT2D eigenvalue weighted by molar-refractivity contribution is -0.188. The normalized spacial score (nSPS) is 25.1. The topological polar surface area (TPSA) is 256 Å². The van der Waals surface area contributed by atoms with Gasteiger partial charge >= 0.3 is 54.3 Å². The van der Waals surface area contributed by atoms with Crippen LogP contribution in [-0.2, 0) is 66.6 Å². The highest BCUT2D eigenvalue weighted by molar-refractivity contribution is 5.81. The summed E-state index contributed by atoms with van der Waals surface area (Å²) in [7, 11) is 0. The van der Waals surface area contributed by atoms with E-state index in [1.807, 2.05) is 13.8 Å². The molecule has 3 amide bonds. The number of hydrogen-bond acceptors (Lipinski definition) is 17. The zero-order chi connectivity index (χ0) is 62.3. The standard InChI is InChI=1S/C60H96F3N3O17/c1-13-45(67)77-23-25-80-50(72)64-37-58(11)29-42(28-53(3,4)36-58)27-49(71)83-40-59(12,38-75-41-60(61,62)63)39-82-48(70)18-20-57(10)32-43(30-54(5,6)35-57)65-51(73)79-22-16-15-21-76-47(69)17-19-56(9)33-44(31-55(7,8)34-56)66-52(74)81-26-24-78-46(68)14-2/h13-14,42-44H,1-2,15-41H2,3-12H3,(H,64,72)(H,65,73)(H,66,74). The van der Waals surface area contributed by atoms with E-state index in [-0.39, 0.29) is 124 Å². The summed E-state index contributed by atoms with van der Waals surface area (Å²) >= 11 is 0. The molecule has 83 heavy (non-hydrogen) atoms. The average Bonchev–Trinajstić information content (AvgIpc) is 3.57. The van der Waals surface area contributed by atoms with E-state index in [0.717, 1.165) is 37.8 Å². The van der Waals surface area contributed by atoms with Gasteiger partial charge in [0.2, 0.25) is 0 Å². The number of carbonyl (C=O) groups is 8. The fraction of sp³-hybridized carbons (Fsp3) is 0.800. The number of alkyl halides is 3. The van der Waals surface area contributed by atoms with Crippen LogP contribution in [-0.4, -0.2) is 139 Å². The van der Waals surface area contributed by atoms with Crippen LogP contribution in [0.2, 0.25) is 0 Å². The lowest BCUT2D eigenvalue weighted by atomic mass is 9.60. The largest absolute Gasteiger partial charge is 0.466 e. The molecule has 0 heterocycles. The highest BCUT2D eigenvalue weighted by Gasteiger charge is 2.45. The van der Waals surface area contributed by atoms with Crippen LogP contribution in [0.25, 0.3) is 0 Å². The Morgan fingerprint density at radius 3 is 1.41 bits per heavy atom. The summed E-state index contributed by atoms with van der Waals surface area (Å²) in [6.07, 6.45) is 3.73. The van der Waals surface area contributed by atoms with E-state index < -0.39 is 77.8 Å². The molecular formula is C60H96F3N3O17. The lowest BCUT2D eigenvalue weighted by Crippen LogP contribution is -2.47. The molecule has 0 saturated heterocycles. The Morgan fingerprint density at radius 2 is 0.916 bits per heavy atom. The van der Waals surface area contributed by atoms with Crippen LogP contribution in [0.5, 0.6) is 0 Å². The minimum Gasteiger partial charge on any atom is -0.466 e. The molecule has 0 bridgehead atoms. The molecule has 3 aliphatic carbocycles. The fourth-order valence-corrected chi connectivity index (χ4v) is 13.3. The monoisotopic (exact) mass is 1190 g/mol. The molecule has 474 valence electrons. The van der Waals surface area contributed by atoms with Crippen LogP contribution in [0, 0.1) is 43.8 Å². The summed E-state index contributed by atoms with van der Waals surface area (Å²) in [4.78, 5) is 99.8. The molecule has 20 nitrogen and oxygen atoms in total. The molecule has 0 aromatic carbocycles. The first-order valence-electron chi connectivity index (χ1n) is 28.9. The molecule has 0 aromatic heterocycles. The Kier molecular flexibility index (Phi) is 27.7. The third-order valence-corrected chi connectivity index (χ3v) is 15.4. The van der Waals surface area contributed by atoms with Crippen LogP contribution in [0.15, 0.2) is 25.3 Å². The first-order chi connectivity index (χ1) is 38.5. The van der Waals surface area contributed by atoms with E-state index >= 15 is 0 Å². The summed E-state index contributed by atoms with van der Waals surface area (Å²) in [6, 6.07) is -0.442.